The molecule has 134 valence electrons. The van der Waals surface area contributed by atoms with E-state index >= 15 is 0 Å². The Kier molecular flexibility index (Phi) is 6.80. The SMILES string of the molecule is Cc1cccc(CN(CC(=O)NC2CCCCCC2)S(C)(=O)=O)c1. The topological polar surface area (TPSA) is 66.5 Å². The second kappa shape index (κ2) is 8.62. The third-order valence-electron chi connectivity index (χ3n) is 4.45. The van der Waals surface area contributed by atoms with Crippen LogP contribution >= 0.6 is 0 Å². The van der Waals surface area contributed by atoms with Crippen LogP contribution in [0.15, 0.2) is 24.3 Å². The maximum absolute atomic E-state index is 12.3. The minimum absolute atomic E-state index is 0.122. The van der Waals surface area contributed by atoms with Gasteiger partial charge in [-0.2, -0.15) is 4.31 Å². The van der Waals surface area contributed by atoms with Crippen molar-refractivity contribution in [1.82, 2.24) is 9.62 Å². The maximum Gasteiger partial charge on any atom is 0.235 e. The summed E-state index contributed by atoms with van der Waals surface area (Å²) >= 11 is 0. The Morgan fingerprint density at radius 3 is 2.46 bits per heavy atom. The van der Waals surface area contributed by atoms with E-state index < -0.39 is 10.0 Å². The molecule has 0 bridgehead atoms. The van der Waals surface area contributed by atoms with Gasteiger partial charge in [0.05, 0.1) is 12.8 Å². The van der Waals surface area contributed by atoms with Crippen LogP contribution in [0.4, 0.5) is 0 Å². The monoisotopic (exact) mass is 352 g/mol. The summed E-state index contributed by atoms with van der Waals surface area (Å²) in [4.78, 5) is 12.3. The summed E-state index contributed by atoms with van der Waals surface area (Å²) in [5.41, 5.74) is 1.96. The van der Waals surface area contributed by atoms with Crippen molar-refractivity contribution < 1.29 is 13.2 Å². The smallest absolute Gasteiger partial charge is 0.235 e. The average molecular weight is 353 g/mol. The first-order chi connectivity index (χ1) is 11.3. The van der Waals surface area contributed by atoms with E-state index in [1.807, 2.05) is 31.2 Å². The van der Waals surface area contributed by atoms with Crippen LogP contribution < -0.4 is 5.32 Å². The van der Waals surface area contributed by atoms with Crippen LogP contribution in [0.25, 0.3) is 0 Å². The van der Waals surface area contributed by atoms with E-state index in [2.05, 4.69) is 5.32 Å². The van der Waals surface area contributed by atoms with E-state index in [1.54, 1.807) is 0 Å². The Morgan fingerprint density at radius 1 is 1.21 bits per heavy atom. The first-order valence-electron chi connectivity index (χ1n) is 8.64. The molecule has 1 saturated carbocycles. The number of nitrogens with zero attached hydrogens (tertiary/aromatic N) is 1. The normalized spacial score (nSPS) is 16.8. The van der Waals surface area contributed by atoms with Crippen LogP contribution in [0.5, 0.6) is 0 Å². The van der Waals surface area contributed by atoms with Crippen molar-refractivity contribution in [2.45, 2.75) is 58.0 Å². The molecule has 1 aromatic rings. The zero-order valence-electron chi connectivity index (χ0n) is 14.6. The van der Waals surface area contributed by atoms with Gasteiger partial charge in [0.15, 0.2) is 0 Å². The first-order valence-corrected chi connectivity index (χ1v) is 10.5. The van der Waals surface area contributed by atoms with Crippen LogP contribution in [-0.2, 0) is 21.4 Å². The van der Waals surface area contributed by atoms with Gasteiger partial charge in [-0.3, -0.25) is 4.79 Å². The molecule has 0 unspecified atom stereocenters. The zero-order chi connectivity index (χ0) is 17.6. The Labute approximate surface area is 145 Å². The lowest BCUT2D eigenvalue weighted by molar-refractivity contribution is -0.122. The highest BCUT2D eigenvalue weighted by Gasteiger charge is 2.22. The molecule has 1 aromatic carbocycles. The van der Waals surface area contributed by atoms with Crippen molar-refractivity contribution in [1.29, 1.82) is 0 Å². The summed E-state index contributed by atoms with van der Waals surface area (Å²) in [5.74, 6) is -0.208. The number of amides is 1. The molecular weight excluding hydrogens is 324 g/mol. The largest absolute Gasteiger partial charge is 0.352 e. The zero-order valence-corrected chi connectivity index (χ0v) is 15.4. The number of carbonyl (C=O) groups excluding carboxylic acids is 1. The molecule has 0 spiro atoms. The van der Waals surface area contributed by atoms with E-state index in [9.17, 15) is 13.2 Å². The van der Waals surface area contributed by atoms with Crippen molar-refractivity contribution in [3.8, 4) is 0 Å². The highest BCUT2D eigenvalue weighted by Crippen LogP contribution is 2.17. The van der Waals surface area contributed by atoms with E-state index in [-0.39, 0.29) is 25.0 Å². The molecule has 1 N–H and O–H groups in total. The molecule has 24 heavy (non-hydrogen) atoms. The van der Waals surface area contributed by atoms with Crippen LogP contribution in [-0.4, -0.2) is 37.5 Å². The third-order valence-corrected chi connectivity index (χ3v) is 5.65. The van der Waals surface area contributed by atoms with Crippen LogP contribution in [0, 0.1) is 6.92 Å². The van der Waals surface area contributed by atoms with Gasteiger partial charge in [0, 0.05) is 12.6 Å². The van der Waals surface area contributed by atoms with Crippen molar-refractivity contribution in [3.63, 3.8) is 0 Å². The Hall–Kier alpha value is -1.40. The Balaban J connectivity index is 1.99. The number of benzene rings is 1. The predicted octanol–water partition coefficient (Wildman–Crippen LogP) is 2.60. The minimum atomic E-state index is -3.45. The summed E-state index contributed by atoms with van der Waals surface area (Å²) in [6.07, 6.45) is 7.82. The minimum Gasteiger partial charge on any atom is -0.352 e. The van der Waals surface area contributed by atoms with Crippen molar-refractivity contribution >= 4 is 15.9 Å². The molecule has 1 aliphatic carbocycles. The highest BCUT2D eigenvalue weighted by molar-refractivity contribution is 7.88. The fourth-order valence-corrected chi connectivity index (χ4v) is 3.90. The van der Waals surface area contributed by atoms with Gasteiger partial charge < -0.3 is 5.32 Å². The van der Waals surface area contributed by atoms with E-state index in [1.165, 1.54) is 17.1 Å². The molecule has 1 aliphatic rings. The first kappa shape index (κ1) is 18.9. The number of carbonyl (C=O) groups is 1. The molecule has 0 aliphatic heterocycles. The summed E-state index contributed by atoms with van der Waals surface area (Å²) in [6.45, 7) is 2.06. The Morgan fingerprint density at radius 2 is 1.88 bits per heavy atom. The van der Waals surface area contributed by atoms with E-state index in [0.29, 0.717) is 0 Å². The van der Waals surface area contributed by atoms with Gasteiger partial charge in [-0.1, -0.05) is 55.5 Å². The highest BCUT2D eigenvalue weighted by atomic mass is 32.2. The lowest BCUT2D eigenvalue weighted by atomic mass is 10.1. The van der Waals surface area contributed by atoms with Gasteiger partial charge in [0.25, 0.3) is 0 Å². The molecule has 5 nitrogen and oxygen atoms in total. The third kappa shape index (κ3) is 6.24. The van der Waals surface area contributed by atoms with E-state index in [4.69, 9.17) is 0 Å². The van der Waals surface area contributed by atoms with Crippen LogP contribution in [0.2, 0.25) is 0 Å². The van der Waals surface area contributed by atoms with Crippen molar-refractivity contribution in [2.24, 2.45) is 0 Å². The molecule has 1 fully saturated rings. The second-order valence-electron chi connectivity index (χ2n) is 6.78. The number of hydrogen-bond donors (Lipinski definition) is 1. The van der Waals surface area contributed by atoms with Crippen molar-refractivity contribution in [2.75, 3.05) is 12.8 Å². The average Bonchev–Trinajstić information content (AvgIpc) is 2.74. The second-order valence-corrected chi connectivity index (χ2v) is 8.76. The van der Waals surface area contributed by atoms with Crippen LogP contribution in [0.1, 0.15) is 49.7 Å². The van der Waals surface area contributed by atoms with Gasteiger partial charge in [0.2, 0.25) is 15.9 Å². The van der Waals surface area contributed by atoms with Crippen LogP contribution in [0.3, 0.4) is 0 Å². The standard InChI is InChI=1S/C18H28N2O3S/c1-15-8-7-9-16(12-15)13-20(24(2,22)23)14-18(21)19-17-10-5-3-4-6-11-17/h7-9,12,17H,3-6,10-11,13-14H2,1-2H3,(H,19,21). The fourth-order valence-electron chi connectivity index (χ4n) is 3.16. The maximum atomic E-state index is 12.3. The lowest BCUT2D eigenvalue weighted by Crippen LogP contribution is -2.43. The molecule has 6 heteroatoms. The van der Waals surface area contributed by atoms with Gasteiger partial charge in [-0.15, -0.1) is 0 Å². The fraction of sp³-hybridized carbons (Fsp3) is 0.611. The molecule has 2 rings (SSSR count). The molecule has 0 heterocycles. The summed E-state index contributed by atoms with van der Waals surface area (Å²) in [5, 5.41) is 3.01. The van der Waals surface area contributed by atoms with Gasteiger partial charge in [-0.05, 0) is 25.3 Å². The summed E-state index contributed by atoms with van der Waals surface area (Å²) in [6, 6.07) is 7.87. The van der Waals surface area contributed by atoms with E-state index in [0.717, 1.165) is 43.1 Å². The number of hydrogen-bond acceptors (Lipinski definition) is 3. The molecule has 0 aromatic heterocycles. The molecule has 0 atom stereocenters. The van der Waals surface area contributed by atoms with Gasteiger partial charge >= 0.3 is 0 Å². The van der Waals surface area contributed by atoms with Gasteiger partial charge in [0.1, 0.15) is 0 Å². The molecule has 1 amide bonds. The quantitative estimate of drug-likeness (QED) is 0.800. The number of rotatable bonds is 6. The predicted molar refractivity (Wildman–Crippen MR) is 96.1 cm³/mol. The van der Waals surface area contributed by atoms with Gasteiger partial charge in [-0.25, -0.2) is 8.42 Å². The number of nitrogens with one attached hydrogen (secondary N) is 1. The number of sulfonamides is 1. The molecule has 0 saturated heterocycles. The summed E-state index contributed by atoms with van der Waals surface area (Å²) < 4.78 is 25.3. The van der Waals surface area contributed by atoms with Crippen molar-refractivity contribution in [3.05, 3.63) is 35.4 Å². The number of aryl methyl sites for hydroxylation is 1. The summed E-state index contributed by atoms with van der Waals surface area (Å²) in [7, 11) is -3.45. The Bertz CT molecular complexity index is 650. The molecule has 0 radical (unpaired) electrons. The molecular formula is C18H28N2O3S. The lowest BCUT2D eigenvalue weighted by Gasteiger charge is -2.22.